The van der Waals surface area contributed by atoms with Crippen LogP contribution in [0.2, 0.25) is 10.0 Å². The average molecular weight is 415 g/mol. The van der Waals surface area contributed by atoms with E-state index in [4.69, 9.17) is 27.9 Å². The summed E-state index contributed by atoms with van der Waals surface area (Å²) in [4.78, 5) is 24.3. The molecule has 0 aliphatic heterocycles. The van der Waals surface area contributed by atoms with Gasteiger partial charge in [-0.15, -0.1) is 0 Å². The van der Waals surface area contributed by atoms with Gasteiger partial charge in [0, 0.05) is 5.56 Å². The number of ether oxygens (including phenoxy) is 1. The number of hydrogen-bond acceptors (Lipinski definition) is 3. The third kappa shape index (κ3) is 5.25. The second-order valence-corrected chi connectivity index (χ2v) is 6.59. The van der Waals surface area contributed by atoms with E-state index < -0.39 is 0 Å². The first-order chi connectivity index (χ1) is 13.5. The Balaban J connectivity index is 1.54. The molecule has 0 aromatic heterocycles. The lowest BCUT2D eigenvalue weighted by Gasteiger charge is -2.10. The Morgan fingerprint density at radius 1 is 0.750 bits per heavy atom. The van der Waals surface area contributed by atoms with Gasteiger partial charge in [-0.1, -0.05) is 47.5 Å². The molecule has 3 aromatic carbocycles. The van der Waals surface area contributed by atoms with Crippen LogP contribution in [0, 0.1) is 0 Å². The molecule has 0 heterocycles. The van der Waals surface area contributed by atoms with Crippen molar-refractivity contribution in [2.75, 3.05) is 17.2 Å². The van der Waals surface area contributed by atoms with Gasteiger partial charge < -0.3 is 15.4 Å². The molecular weight excluding hydrogens is 399 g/mol. The molecule has 0 spiro atoms. The summed E-state index contributed by atoms with van der Waals surface area (Å²) in [7, 11) is 0. The Bertz CT molecular complexity index is 991. The minimum absolute atomic E-state index is 0.184. The lowest BCUT2D eigenvalue weighted by molar-refractivity contribution is -0.118. The van der Waals surface area contributed by atoms with Crippen molar-refractivity contribution in [2.45, 2.75) is 0 Å². The van der Waals surface area contributed by atoms with Gasteiger partial charge in [-0.25, -0.2) is 0 Å². The van der Waals surface area contributed by atoms with Crippen LogP contribution in [0.4, 0.5) is 11.4 Å². The number of para-hydroxylation sites is 2. The molecule has 3 rings (SSSR count). The second-order valence-electron chi connectivity index (χ2n) is 5.78. The minimum Gasteiger partial charge on any atom is -0.484 e. The molecule has 0 saturated carbocycles. The van der Waals surface area contributed by atoms with Crippen LogP contribution < -0.4 is 15.4 Å². The van der Waals surface area contributed by atoms with Gasteiger partial charge in [0.1, 0.15) is 5.75 Å². The van der Waals surface area contributed by atoms with Crippen molar-refractivity contribution >= 4 is 46.4 Å². The van der Waals surface area contributed by atoms with Crippen molar-refractivity contribution in [3.63, 3.8) is 0 Å². The number of benzene rings is 3. The van der Waals surface area contributed by atoms with Gasteiger partial charge in [0.15, 0.2) is 6.61 Å². The van der Waals surface area contributed by atoms with Crippen LogP contribution in [0.3, 0.4) is 0 Å². The molecule has 2 N–H and O–H groups in total. The lowest BCUT2D eigenvalue weighted by Crippen LogP contribution is -2.20. The fourth-order valence-electron chi connectivity index (χ4n) is 2.36. The van der Waals surface area contributed by atoms with Crippen LogP contribution in [-0.2, 0) is 4.79 Å². The van der Waals surface area contributed by atoms with Crippen LogP contribution in [0.25, 0.3) is 0 Å². The van der Waals surface area contributed by atoms with Gasteiger partial charge in [0.25, 0.3) is 11.8 Å². The van der Waals surface area contributed by atoms with E-state index in [2.05, 4.69) is 10.6 Å². The van der Waals surface area contributed by atoms with Crippen LogP contribution in [-0.4, -0.2) is 18.4 Å². The number of amides is 2. The van der Waals surface area contributed by atoms with Crippen molar-refractivity contribution in [1.82, 2.24) is 0 Å². The molecule has 3 aromatic rings. The summed E-state index contributed by atoms with van der Waals surface area (Å²) in [6.07, 6.45) is 0. The number of anilines is 2. The highest BCUT2D eigenvalue weighted by molar-refractivity contribution is 6.34. The van der Waals surface area contributed by atoms with Crippen LogP contribution in [0.1, 0.15) is 10.4 Å². The SMILES string of the molecule is O=C(COc1ccc(C(=O)Nc2ccccc2Cl)cc1)Nc1ccccc1Cl. The molecule has 0 radical (unpaired) electrons. The van der Waals surface area contributed by atoms with E-state index in [1.165, 1.54) is 0 Å². The highest BCUT2D eigenvalue weighted by Crippen LogP contribution is 2.22. The summed E-state index contributed by atoms with van der Waals surface area (Å²) in [6.45, 7) is -0.184. The summed E-state index contributed by atoms with van der Waals surface area (Å²) in [5.41, 5.74) is 1.49. The number of halogens is 2. The normalized spacial score (nSPS) is 10.2. The third-order valence-electron chi connectivity index (χ3n) is 3.76. The molecular formula is C21H16Cl2N2O3. The first kappa shape index (κ1) is 19.7. The highest BCUT2D eigenvalue weighted by atomic mass is 35.5. The molecule has 0 aliphatic rings. The summed E-state index contributed by atoms with van der Waals surface area (Å²) >= 11 is 12.0. The molecule has 0 saturated heterocycles. The maximum Gasteiger partial charge on any atom is 0.262 e. The fourth-order valence-corrected chi connectivity index (χ4v) is 2.72. The maximum absolute atomic E-state index is 12.3. The first-order valence-electron chi connectivity index (χ1n) is 8.36. The lowest BCUT2D eigenvalue weighted by atomic mass is 10.2. The third-order valence-corrected chi connectivity index (χ3v) is 4.42. The zero-order chi connectivity index (χ0) is 19.9. The molecule has 142 valence electrons. The van der Waals surface area contributed by atoms with Gasteiger partial charge >= 0.3 is 0 Å². The molecule has 28 heavy (non-hydrogen) atoms. The topological polar surface area (TPSA) is 67.4 Å². The standard InChI is InChI=1S/C21H16Cl2N2O3/c22-16-5-1-3-7-18(16)24-20(26)13-28-15-11-9-14(10-12-15)21(27)25-19-8-4-2-6-17(19)23/h1-12H,13H2,(H,24,26)(H,25,27). The Kier molecular flexibility index (Phi) is 6.53. The zero-order valence-corrected chi connectivity index (χ0v) is 16.1. The van der Waals surface area contributed by atoms with Crippen LogP contribution >= 0.6 is 23.2 Å². The van der Waals surface area contributed by atoms with E-state index >= 15 is 0 Å². The zero-order valence-electron chi connectivity index (χ0n) is 14.6. The van der Waals surface area contributed by atoms with E-state index in [-0.39, 0.29) is 18.4 Å². The number of hydrogen-bond donors (Lipinski definition) is 2. The van der Waals surface area contributed by atoms with Gasteiger partial charge in [0.05, 0.1) is 21.4 Å². The fraction of sp³-hybridized carbons (Fsp3) is 0.0476. The van der Waals surface area contributed by atoms with Gasteiger partial charge in [-0.05, 0) is 48.5 Å². The molecule has 0 bridgehead atoms. The Morgan fingerprint density at radius 3 is 1.86 bits per heavy atom. The molecule has 0 atom stereocenters. The summed E-state index contributed by atoms with van der Waals surface area (Å²) < 4.78 is 5.44. The quantitative estimate of drug-likeness (QED) is 0.577. The van der Waals surface area contributed by atoms with Gasteiger partial charge in [0.2, 0.25) is 0 Å². The second kappa shape index (κ2) is 9.26. The van der Waals surface area contributed by atoms with E-state index in [9.17, 15) is 9.59 Å². The molecule has 2 amide bonds. The Labute approximate surface area is 172 Å². The van der Waals surface area contributed by atoms with E-state index in [0.717, 1.165) is 0 Å². The predicted octanol–water partition coefficient (Wildman–Crippen LogP) is 5.26. The molecule has 7 heteroatoms. The van der Waals surface area contributed by atoms with Crippen molar-refractivity contribution in [1.29, 1.82) is 0 Å². The predicted molar refractivity (Wildman–Crippen MR) is 111 cm³/mol. The summed E-state index contributed by atoms with van der Waals surface area (Å²) in [5, 5.41) is 6.32. The smallest absolute Gasteiger partial charge is 0.262 e. The Hall–Kier alpha value is -3.02. The van der Waals surface area contributed by atoms with E-state index in [1.54, 1.807) is 72.8 Å². The largest absolute Gasteiger partial charge is 0.484 e. The minimum atomic E-state index is -0.339. The van der Waals surface area contributed by atoms with E-state index in [0.29, 0.717) is 32.7 Å². The van der Waals surface area contributed by atoms with Gasteiger partial charge in [-0.3, -0.25) is 9.59 Å². The number of carbonyl (C=O) groups excluding carboxylic acids is 2. The number of rotatable bonds is 6. The molecule has 0 fully saturated rings. The monoisotopic (exact) mass is 414 g/mol. The van der Waals surface area contributed by atoms with Crippen molar-refractivity contribution in [3.05, 3.63) is 88.4 Å². The summed E-state index contributed by atoms with van der Waals surface area (Å²) in [5.74, 6) is -0.173. The summed E-state index contributed by atoms with van der Waals surface area (Å²) in [6, 6.07) is 20.4. The van der Waals surface area contributed by atoms with Gasteiger partial charge in [-0.2, -0.15) is 0 Å². The molecule has 0 aliphatic carbocycles. The average Bonchev–Trinajstić information content (AvgIpc) is 2.70. The maximum atomic E-state index is 12.3. The van der Waals surface area contributed by atoms with Crippen molar-refractivity contribution < 1.29 is 14.3 Å². The first-order valence-corrected chi connectivity index (χ1v) is 9.11. The number of carbonyl (C=O) groups is 2. The van der Waals surface area contributed by atoms with Crippen molar-refractivity contribution in [2.24, 2.45) is 0 Å². The molecule has 0 unspecified atom stereocenters. The van der Waals surface area contributed by atoms with E-state index in [1.807, 2.05) is 0 Å². The van der Waals surface area contributed by atoms with Crippen LogP contribution in [0.5, 0.6) is 5.75 Å². The van der Waals surface area contributed by atoms with Crippen LogP contribution in [0.15, 0.2) is 72.8 Å². The molecule has 5 nitrogen and oxygen atoms in total. The highest BCUT2D eigenvalue weighted by Gasteiger charge is 2.10. The Morgan fingerprint density at radius 2 is 1.29 bits per heavy atom. The van der Waals surface area contributed by atoms with Crippen molar-refractivity contribution in [3.8, 4) is 5.75 Å². The number of nitrogens with one attached hydrogen (secondary N) is 2.